The normalized spacial score (nSPS) is 10.9. The Labute approximate surface area is 104 Å². The fourth-order valence-electron chi connectivity index (χ4n) is 1.23. The Balaban J connectivity index is 2.38. The van der Waals surface area contributed by atoms with Crippen LogP contribution in [0.1, 0.15) is 12.3 Å². The topological polar surface area (TPSA) is 48.2 Å². The van der Waals surface area contributed by atoms with E-state index in [1.165, 1.54) is 7.11 Å². The van der Waals surface area contributed by atoms with E-state index in [2.05, 4.69) is 26.1 Å². The van der Waals surface area contributed by atoms with E-state index >= 15 is 0 Å². The van der Waals surface area contributed by atoms with Gasteiger partial charge in [0.25, 0.3) is 5.89 Å². The highest BCUT2D eigenvalue weighted by Crippen LogP contribution is 2.31. The molecule has 0 aliphatic rings. The minimum atomic E-state index is -2.77. The van der Waals surface area contributed by atoms with Gasteiger partial charge in [0.1, 0.15) is 5.75 Å². The second-order valence-corrected chi connectivity index (χ2v) is 3.95. The lowest BCUT2D eigenvalue weighted by molar-refractivity contribution is 0.116. The van der Waals surface area contributed by atoms with Crippen LogP contribution in [0.3, 0.4) is 0 Å². The third kappa shape index (κ3) is 2.44. The summed E-state index contributed by atoms with van der Waals surface area (Å²) in [5, 5.41) is 6.80. The van der Waals surface area contributed by atoms with Crippen LogP contribution in [-0.4, -0.2) is 17.3 Å². The molecule has 0 bridgehead atoms. The lowest BCUT2D eigenvalue weighted by Gasteiger charge is -2.03. The molecule has 1 aromatic carbocycles. The zero-order chi connectivity index (χ0) is 12.4. The summed E-state index contributed by atoms with van der Waals surface area (Å²) in [7, 11) is 1.50. The highest BCUT2D eigenvalue weighted by molar-refractivity contribution is 9.10. The van der Waals surface area contributed by atoms with Gasteiger partial charge in [0.2, 0.25) is 5.89 Å². The van der Waals surface area contributed by atoms with E-state index < -0.39 is 12.3 Å². The van der Waals surface area contributed by atoms with Crippen LogP contribution in [0.15, 0.2) is 27.1 Å². The van der Waals surface area contributed by atoms with Gasteiger partial charge < -0.3 is 9.15 Å². The number of hydrogen-bond donors (Lipinski definition) is 0. The minimum absolute atomic E-state index is 0.0334. The van der Waals surface area contributed by atoms with Crippen LogP contribution in [0.4, 0.5) is 8.78 Å². The van der Waals surface area contributed by atoms with Crippen LogP contribution in [0.5, 0.6) is 5.75 Å². The second kappa shape index (κ2) is 4.79. The molecule has 0 saturated heterocycles. The van der Waals surface area contributed by atoms with Gasteiger partial charge in [-0.3, -0.25) is 0 Å². The van der Waals surface area contributed by atoms with Crippen LogP contribution < -0.4 is 4.74 Å². The minimum Gasteiger partial charge on any atom is -0.496 e. The van der Waals surface area contributed by atoms with Crippen molar-refractivity contribution in [3.05, 3.63) is 28.6 Å². The molecule has 0 fully saturated rings. The highest BCUT2D eigenvalue weighted by atomic mass is 79.9. The van der Waals surface area contributed by atoms with Crippen molar-refractivity contribution in [1.82, 2.24) is 10.2 Å². The van der Waals surface area contributed by atoms with Crippen molar-refractivity contribution >= 4 is 15.9 Å². The Morgan fingerprint density at radius 3 is 2.71 bits per heavy atom. The molecule has 90 valence electrons. The molecule has 0 radical (unpaired) electrons. The van der Waals surface area contributed by atoms with E-state index in [1.54, 1.807) is 18.2 Å². The predicted octanol–water partition coefficient (Wildman–Crippen LogP) is 3.45. The number of halogens is 3. The van der Waals surface area contributed by atoms with E-state index in [9.17, 15) is 8.78 Å². The van der Waals surface area contributed by atoms with Gasteiger partial charge in [0.05, 0.1) is 11.6 Å². The number of nitrogens with zero attached hydrogens (tertiary/aromatic N) is 2. The van der Waals surface area contributed by atoms with Gasteiger partial charge >= 0.3 is 6.43 Å². The summed E-state index contributed by atoms with van der Waals surface area (Å²) in [6, 6.07) is 4.99. The lowest BCUT2D eigenvalue weighted by Crippen LogP contribution is -1.85. The average Bonchev–Trinajstić information content (AvgIpc) is 2.79. The van der Waals surface area contributed by atoms with Crippen molar-refractivity contribution in [2.75, 3.05) is 7.11 Å². The maximum Gasteiger partial charge on any atom is 0.314 e. The second-order valence-electron chi connectivity index (χ2n) is 3.10. The molecule has 0 saturated carbocycles. The molecule has 2 aromatic rings. The first kappa shape index (κ1) is 12.0. The molecule has 1 heterocycles. The van der Waals surface area contributed by atoms with Gasteiger partial charge in [-0.05, 0) is 34.1 Å². The molecule has 0 N–H and O–H groups in total. The molecule has 0 unspecified atom stereocenters. The van der Waals surface area contributed by atoms with Crippen LogP contribution in [-0.2, 0) is 0 Å². The number of aromatic nitrogens is 2. The zero-order valence-electron chi connectivity index (χ0n) is 8.65. The smallest absolute Gasteiger partial charge is 0.314 e. The number of rotatable bonds is 3. The Kier molecular flexibility index (Phi) is 3.37. The van der Waals surface area contributed by atoms with Crippen LogP contribution in [0, 0.1) is 0 Å². The average molecular weight is 305 g/mol. The summed E-state index contributed by atoms with van der Waals surface area (Å²) in [6.45, 7) is 0. The molecular weight excluding hydrogens is 298 g/mol. The Morgan fingerprint density at radius 1 is 1.35 bits per heavy atom. The van der Waals surface area contributed by atoms with Gasteiger partial charge in [0, 0.05) is 5.56 Å². The number of ether oxygens (including phenoxy) is 1. The Bertz CT molecular complexity index is 531. The van der Waals surface area contributed by atoms with Crippen molar-refractivity contribution in [3.63, 3.8) is 0 Å². The molecule has 0 spiro atoms. The summed E-state index contributed by atoms with van der Waals surface area (Å²) in [6.07, 6.45) is -2.77. The SMILES string of the molecule is COc1cc(-c2nnc(C(F)F)o2)ccc1Br. The Hall–Kier alpha value is -1.50. The fraction of sp³-hybridized carbons (Fsp3) is 0.200. The van der Waals surface area contributed by atoms with Crippen molar-refractivity contribution in [1.29, 1.82) is 0 Å². The summed E-state index contributed by atoms with van der Waals surface area (Å²) in [5.41, 5.74) is 0.518. The van der Waals surface area contributed by atoms with Gasteiger partial charge in [-0.1, -0.05) is 0 Å². The summed E-state index contributed by atoms with van der Waals surface area (Å²) < 4.78 is 35.2. The van der Waals surface area contributed by atoms with Gasteiger partial charge in [-0.15, -0.1) is 10.2 Å². The van der Waals surface area contributed by atoms with E-state index in [4.69, 9.17) is 9.15 Å². The molecule has 0 atom stereocenters. The van der Waals surface area contributed by atoms with E-state index in [0.29, 0.717) is 11.3 Å². The quantitative estimate of drug-likeness (QED) is 0.871. The van der Waals surface area contributed by atoms with Crippen molar-refractivity contribution in [2.45, 2.75) is 6.43 Å². The molecule has 1 aromatic heterocycles. The summed E-state index contributed by atoms with van der Waals surface area (Å²) in [5.74, 6) is -0.104. The van der Waals surface area contributed by atoms with Crippen molar-refractivity contribution in [3.8, 4) is 17.2 Å². The van der Waals surface area contributed by atoms with Crippen molar-refractivity contribution in [2.24, 2.45) is 0 Å². The number of methoxy groups -OCH3 is 1. The summed E-state index contributed by atoms with van der Waals surface area (Å²) in [4.78, 5) is 0. The Morgan fingerprint density at radius 2 is 2.12 bits per heavy atom. The van der Waals surface area contributed by atoms with E-state index in [-0.39, 0.29) is 5.89 Å². The first-order valence-corrected chi connectivity index (χ1v) is 5.36. The lowest BCUT2D eigenvalue weighted by atomic mass is 10.2. The van der Waals surface area contributed by atoms with E-state index in [1.807, 2.05) is 0 Å². The molecule has 4 nitrogen and oxygen atoms in total. The van der Waals surface area contributed by atoms with Crippen LogP contribution in [0.25, 0.3) is 11.5 Å². The molecule has 2 rings (SSSR count). The van der Waals surface area contributed by atoms with Crippen molar-refractivity contribution < 1.29 is 17.9 Å². The number of alkyl halides is 2. The van der Waals surface area contributed by atoms with E-state index in [0.717, 1.165) is 4.47 Å². The maximum absolute atomic E-state index is 12.3. The fourth-order valence-corrected chi connectivity index (χ4v) is 1.64. The largest absolute Gasteiger partial charge is 0.496 e. The molecule has 7 heteroatoms. The molecule has 0 aliphatic heterocycles. The highest BCUT2D eigenvalue weighted by Gasteiger charge is 2.17. The first-order valence-electron chi connectivity index (χ1n) is 4.57. The zero-order valence-corrected chi connectivity index (χ0v) is 10.2. The van der Waals surface area contributed by atoms with Gasteiger partial charge in [0.15, 0.2) is 0 Å². The number of hydrogen-bond acceptors (Lipinski definition) is 4. The predicted molar refractivity (Wildman–Crippen MR) is 58.9 cm³/mol. The number of benzene rings is 1. The molecular formula is C10H7BrF2N2O2. The first-order chi connectivity index (χ1) is 8.11. The molecule has 0 aliphatic carbocycles. The summed E-state index contributed by atoms with van der Waals surface area (Å²) >= 11 is 3.28. The standard InChI is InChI=1S/C10H7BrF2N2O2/c1-16-7-4-5(2-3-6(7)11)9-14-15-10(17-9)8(12)13/h2-4,8H,1H3. The third-order valence-electron chi connectivity index (χ3n) is 2.03. The van der Waals surface area contributed by atoms with Gasteiger partial charge in [-0.25, -0.2) is 0 Å². The maximum atomic E-state index is 12.3. The van der Waals surface area contributed by atoms with Crippen LogP contribution in [0.2, 0.25) is 0 Å². The molecule has 17 heavy (non-hydrogen) atoms. The van der Waals surface area contributed by atoms with Gasteiger partial charge in [-0.2, -0.15) is 8.78 Å². The van der Waals surface area contributed by atoms with Crippen LogP contribution >= 0.6 is 15.9 Å². The molecule has 0 amide bonds. The monoisotopic (exact) mass is 304 g/mol. The third-order valence-corrected chi connectivity index (χ3v) is 2.68.